The SMILES string of the molecule is Cc1c(C(=O)CCl)ccc(C#N)c1C(F)(F)F. The van der Waals surface area contributed by atoms with Gasteiger partial charge in [-0.25, -0.2) is 0 Å². The second-order valence-corrected chi connectivity index (χ2v) is 3.59. The van der Waals surface area contributed by atoms with E-state index in [2.05, 4.69) is 0 Å². The first-order valence-electron chi connectivity index (χ1n) is 4.53. The van der Waals surface area contributed by atoms with Crippen molar-refractivity contribution < 1.29 is 18.0 Å². The quantitative estimate of drug-likeness (QED) is 0.605. The largest absolute Gasteiger partial charge is 0.417 e. The van der Waals surface area contributed by atoms with Crippen molar-refractivity contribution in [3.63, 3.8) is 0 Å². The average molecular weight is 262 g/mol. The van der Waals surface area contributed by atoms with Crippen LogP contribution in [-0.2, 0) is 6.18 Å². The van der Waals surface area contributed by atoms with E-state index in [1.165, 1.54) is 12.1 Å². The van der Waals surface area contributed by atoms with Crippen LogP contribution in [0.4, 0.5) is 13.2 Å². The van der Waals surface area contributed by atoms with Crippen LogP contribution in [0.25, 0.3) is 0 Å². The van der Waals surface area contributed by atoms with Gasteiger partial charge in [-0.1, -0.05) is 0 Å². The molecule has 0 N–H and O–H groups in total. The predicted molar refractivity (Wildman–Crippen MR) is 55.9 cm³/mol. The van der Waals surface area contributed by atoms with Gasteiger partial charge in [0.25, 0.3) is 0 Å². The molecule has 0 spiro atoms. The van der Waals surface area contributed by atoms with Crippen molar-refractivity contribution in [2.24, 2.45) is 0 Å². The van der Waals surface area contributed by atoms with Crippen LogP contribution in [-0.4, -0.2) is 11.7 Å². The van der Waals surface area contributed by atoms with Gasteiger partial charge < -0.3 is 0 Å². The minimum atomic E-state index is -4.67. The number of Topliss-reactive ketones (excluding diaryl/α,β-unsaturated/α-hetero) is 1. The lowest BCUT2D eigenvalue weighted by Gasteiger charge is -2.14. The molecule has 0 unspecified atom stereocenters. The van der Waals surface area contributed by atoms with Crippen molar-refractivity contribution in [3.8, 4) is 6.07 Å². The number of nitriles is 1. The Balaban J connectivity index is 3.56. The molecule has 0 aliphatic heterocycles. The molecular weight excluding hydrogens is 255 g/mol. The second-order valence-electron chi connectivity index (χ2n) is 3.33. The van der Waals surface area contributed by atoms with Gasteiger partial charge in [-0.3, -0.25) is 4.79 Å². The summed E-state index contributed by atoms with van der Waals surface area (Å²) in [6.07, 6.45) is -4.67. The molecule has 0 saturated heterocycles. The summed E-state index contributed by atoms with van der Waals surface area (Å²) >= 11 is 5.30. The third-order valence-electron chi connectivity index (χ3n) is 2.29. The van der Waals surface area contributed by atoms with Gasteiger partial charge in [-0.05, 0) is 24.6 Å². The summed E-state index contributed by atoms with van der Waals surface area (Å²) in [4.78, 5) is 11.3. The van der Waals surface area contributed by atoms with Crippen molar-refractivity contribution in [1.82, 2.24) is 0 Å². The van der Waals surface area contributed by atoms with Crippen LogP contribution in [0.1, 0.15) is 27.0 Å². The highest BCUT2D eigenvalue weighted by atomic mass is 35.5. The molecule has 0 bridgehead atoms. The van der Waals surface area contributed by atoms with Gasteiger partial charge >= 0.3 is 6.18 Å². The third kappa shape index (κ3) is 2.59. The first kappa shape index (κ1) is 13.5. The molecule has 0 radical (unpaired) electrons. The zero-order valence-electron chi connectivity index (χ0n) is 8.73. The molecule has 0 fully saturated rings. The Morgan fingerprint density at radius 3 is 2.47 bits per heavy atom. The van der Waals surface area contributed by atoms with Crippen molar-refractivity contribution in [2.75, 3.05) is 5.88 Å². The number of benzene rings is 1. The number of carbonyl (C=O) groups excluding carboxylic acids is 1. The average Bonchev–Trinajstić information content (AvgIpc) is 2.25. The molecule has 1 aromatic carbocycles. The predicted octanol–water partition coefficient (Wildman–Crippen LogP) is 3.31. The van der Waals surface area contributed by atoms with Crippen LogP contribution in [0.3, 0.4) is 0 Å². The fourth-order valence-electron chi connectivity index (χ4n) is 1.54. The summed E-state index contributed by atoms with van der Waals surface area (Å²) in [5.74, 6) is -0.997. The lowest BCUT2D eigenvalue weighted by Crippen LogP contribution is -2.14. The summed E-state index contributed by atoms with van der Waals surface area (Å²) in [5, 5.41) is 8.63. The van der Waals surface area contributed by atoms with E-state index in [9.17, 15) is 18.0 Å². The van der Waals surface area contributed by atoms with Gasteiger partial charge in [0.15, 0.2) is 5.78 Å². The highest BCUT2D eigenvalue weighted by Gasteiger charge is 2.36. The number of nitrogens with zero attached hydrogens (tertiary/aromatic N) is 1. The van der Waals surface area contributed by atoms with Gasteiger partial charge in [-0.15, -0.1) is 11.6 Å². The Bertz CT molecular complexity index is 503. The maximum absolute atomic E-state index is 12.7. The minimum absolute atomic E-state index is 0.105. The van der Waals surface area contributed by atoms with Gasteiger partial charge in [-0.2, -0.15) is 18.4 Å². The second kappa shape index (κ2) is 4.76. The molecule has 0 amide bonds. The number of carbonyl (C=O) groups is 1. The smallest absolute Gasteiger partial charge is 0.293 e. The minimum Gasteiger partial charge on any atom is -0.293 e. The molecule has 1 rings (SSSR count). The number of halogens is 4. The van der Waals surface area contributed by atoms with E-state index >= 15 is 0 Å². The molecule has 17 heavy (non-hydrogen) atoms. The Morgan fingerprint density at radius 2 is 2.06 bits per heavy atom. The summed E-state index contributed by atoms with van der Waals surface area (Å²) in [7, 11) is 0. The van der Waals surface area contributed by atoms with E-state index in [-0.39, 0.29) is 11.1 Å². The van der Waals surface area contributed by atoms with Gasteiger partial charge in [0.2, 0.25) is 0 Å². The van der Waals surface area contributed by atoms with E-state index in [0.29, 0.717) is 0 Å². The first-order valence-corrected chi connectivity index (χ1v) is 5.06. The molecule has 0 aliphatic carbocycles. The summed E-state index contributed by atoms with van der Waals surface area (Å²) in [6, 6.07) is 3.63. The lowest BCUT2D eigenvalue weighted by atomic mass is 9.95. The molecule has 90 valence electrons. The Morgan fingerprint density at radius 1 is 1.47 bits per heavy atom. The topological polar surface area (TPSA) is 40.9 Å². The first-order chi connectivity index (χ1) is 7.82. The highest BCUT2D eigenvalue weighted by Crippen LogP contribution is 2.35. The number of hydrogen-bond acceptors (Lipinski definition) is 2. The van der Waals surface area contributed by atoms with Crippen molar-refractivity contribution >= 4 is 17.4 Å². The maximum Gasteiger partial charge on any atom is 0.417 e. The Kier molecular flexibility index (Phi) is 3.79. The number of hydrogen-bond donors (Lipinski definition) is 0. The number of ketones is 1. The van der Waals surface area contributed by atoms with Gasteiger partial charge in [0, 0.05) is 5.56 Å². The molecule has 0 aliphatic rings. The molecule has 0 saturated carbocycles. The Hall–Kier alpha value is -1.54. The van der Waals surface area contributed by atoms with Crippen LogP contribution >= 0.6 is 11.6 Å². The normalized spacial score (nSPS) is 11.1. The van der Waals surface area contributed by atoms with Crippen LogP contribution in [0.5, 0.6) is 0 Å². The van der Waals surface area contributed by atoms with E-state index < -0.39 is 29.0 Å². The molecule has 0 atom stereocenters. The van der Waals surface area contributed by atoms with Crippen molar-refractivity contribution in [3.05, 3.63) is 34.4 Å². The number of rotatable bonds is 2. The van der Waals surface area contributed by atoms with Crippen LogP contribution in [0.15, 0.2) is 12.1 Å². The third-order valence-corrected chi connectivity index (χ3v) is 2.53. The van der Waals surface area contributed by atoms with Gasteiger partial charge in [0.05, 0.1) is 23.1 Å². The molecule has 0 aromatic heterocycles. The van der Waals surface area contributed by atoms with E-state index in [1.807, 2.05) is 0 Å². The zero-order chi connectivity index (χ0) is 13.2. The van der Waals surface area contributed by atoms with Crippen molar-refractivity contribution in [1.29, 1.82) is 5.26 Å². The highest BCUT2D eigenvalue weighted by molar-refractivity contribution is 6.30. The summed E-state index contributed by atoms with van der Waals surface area (Å²) in [6.45, 7) is 1.16. The van der Waals surface area contributed by atoms with Gasteiger partial charge in [0.1, 0.15) is 0 Å². The van der Waals surface area contributed by atoms with E-state index in [1.54, 1.807) is 0 Å². The van der Waals surface area contributed by atoms with Crippen LogP contribution in [0.2, 0.25) is 0 Å². The van der Waals surface area contributed by atoms with Crippen LogP contribution < -0.4 is 0 Å². The monoisotopic (exact) mass is 261 g/mol. The Labute approximate surface area is 101 Å². The molecular formula is C11H7ClF3NO. The molecule has 6 heteroatoms. The number of alkyl halides is 4. The standard InChI is InChI=1S/C11H7ClF3NO/c1-6-8(9(17)4-12)3-2-7(5-16)10(6)11(13,14)15/h2-3H,4H2,1H3. The van der Waals surface area contributed by atoms with Crippen molar-refractivity contribution in [2.45, 2.75) is 13.1 Å². The lowest BCUT2D eigenvalue weighted by molar-refractivity contribution is -0.138. The van der Waals surface area contributed by atoms with Crippen LogP contribution in [0, 0.1) is 18.3 Å². The fraction of sp³-hybridized carbons (Fsp3) is 0.273. The summed E-state index contributed by atoms with van der Waals surface area (Å²) < 4.78 is 38.2. The zero-order valence-corrected chi connectivity index (χ0v) is 9.49. The molecule has 1 aromatic rings. The molecule has 2 nitrogen and oxygen atoms in total. The fourth-order valence-corrected chi connectivity index (χ4v) is 1.69. The molecule has 0 heterocycles. The maximum atomic E-state index is 12.7. The van der Waals surface area contributed by atoms with E-state index in [4.69, 9.17) is 16.9 Å². The summed E-state index contributed by atoms with van der Waals surface area (Å²) in [5.41, 5.74) is -1.94. The van der Waals surface area contributed by atoms with E-state index in [0.717, 1.165) is 13.0 Å².